The van der Waals surface area contributed by atoms with Gasteiger partial charge < -0.3 is 9.26 Å². The molecule has 4 rings (SSSR count). The van der Waals surface area contributed by atoms with E-state index in [4.69, 9.17) is 9.26 Å². The zero-order valence-electron chi connectivity index (χ0n) is 10.9. The first-order valence-electron chi connectivity index (χ1n) is 6.72. The maximum Gasteiger partial charge on any atom is 0.167 e. The van der Waals surface area contributed by atoms with E-state index in [1.54, 1.807) is 0 Å². The average Bonchev–Trinajstić information content (AvgIpc) is 3.19. The van der Waals surface area contributed by atoms with Gasteiger partial charge in [-0.15, -0.1) is 0 Å². The van der Waals surface area contributed by atoms with Crippen molar-refractivity contribution in [2.75, 3.05) is 13.2 Å². The summed E-state index contributed by atoms with van der Waals surface area (Å²) >= 11 is 0. The lowest BCUT2D eigenvalue weighted by Crippen LogP contribution is -2.00. The monoisotopic (exact) mass is 270 g/mol. The Morgan fingerprint density at radius 1 is 1.30 bits per heavy atom. The first-order valence-corrected chi connectivity index (χ1v) is 6.72. The van der Waals surface area contributed by atoms with Gasteiger partial charge in [-0.05, 0) is 18.6 Å². The molecule has 0 bridgehead atoms. The van der Waals surface area contributed by atoms with Gasteiger partial charge in [0.25, 0.3) is 0 Å². The predicted octanol–water partition coefficient (Wildman–Crippen LogP) is 2.04. The van der Waals surface area contributed by atoms with Gasteiger partial charge in [-0.25, -0.2) is 4.98 Å². The SMILES string of the molecule is c1ccc2c(Cc3nc([C@H]4CCOC4)n[nH]3)noc2c1. The number of rotatable bonds is 3. The molecule has 3 aromatic rings. The van der Waals surface area contributed by atoms with Crippen LogP contribution in [0.5, 0.6) is 0 Å². The van der Waals surface area contributed by atoms with Crippen molar-refractivity contribution < 1.29 is 9.26 Å². The molecule has 0 saturated carbocycles. The Morgan fingerprint density at radius 3 is 3.15 bits per heavy atom. The molecule has 1 aromatic carbocycles. The van der Waals surface area contributed by atoms with Crippen molar-refractivity contribution >= 4 is 11.0 Å². The maximum atomic E-state index is 5.36. The van der Waals surface area contributed by atoms with Crippen LogP contribution >= 0.6 is 0 Å². The zero-order chi connectivity index (χ0) is 13.4. The Labute approximate surface area is 115 Å². The number of para-hydroxylation sites is 1. The van der Waals surface area contributed by atoms with Crippen LogP contribution in [-0.4, -0.2) is 33.6 Å². The second kappa shape index (κ2) is 4.72. The molecule has 1 saturated heterocycles. The standard InChI is InChI=1S/C14H14N4O2/c1-2-4-12-10(3-1)11(18-20-12)7-13-15-14(17-16-13)9-5-6-19-8-9/h1-4,9H,5-8H2,(H,15,16,17)/t9-/m0/s1. The number of ether oxygens (including phenoxy) is 1. The van der Waals surface area contributed by atoms with Crippen LogP contribution in [0.4, 0.5) is 0 Å². The Morgan fingerprint density at radius 2 is 2.25 bits per heavy atom. The van der Waals surface area contributed by atoms with E-state index in [0.29, 0.717) is 18.9 Å². The summed E-state index contributed by atoms with van der Waals surface area (Å²) in [5.41, 5.74) is 1.68. The van der Waals surface area contributed by atoms with Gasteiger partial charge in [0.2, 0.25) is 0 Å². The molecule has 2 aromatic heterocycles. The maximum absolute atomic E-state index is 5.36. The number of aromatic nitrogens is 4. The smallest absolute Gasteiger partial charge is 0.167 e. The lowest BCUT2D eigenvalue weighted by atomic mass is 10.1. The molecule has 3 heterocycles. The molecule has 0 unspecified atom stereocenters. The van der Waals surface area contributed by atoms with Gasteiger partial charge in [0.1, 0.15) is 5.82 Å². The molecule has 0 amide bonds. The Bertz CT molecular complexity index is 727. The second-order valence-electron chi connectivity index (χ2n) is 5.00. The van der Waals surface area contributed by atoms with E-state index in [2.05, 4.69) is 20.3 Å². The van der Waals surface area contributed by atoms with Gasteiger partial charge >= 0.3 is 0 Å². The van der Waals surface area contributed by atoms with Crippen LogP contribution in [0.3, 0.4) is 0 Å². The fourth-order valence-corrected chi connectivity index (χ4v) is 2.53. The first-order chi connectivity index (χ1) is 9.90. The number of benzene rings is 1. The summed E-state index contributed by atoms with van der Waals surface area (Å²) in [6.07, 6.45) is 1.59. The molecule has 1 aliphatic heterocycles. The van der Waals surface area contributed by atoms with Crippen LogP contribution in [0, 0.1) is 0 Å². The minimum absolute atomic E-state index is 0.314. The van der Waals surface area contributed by atoms with Crippen LogP contribution in [0.1, 0.15) is 29.7 Å². The first kappa shape index (κ1) is 11.6. The van der Waals surface area contributed by atoms with Gasteiger partial charge in [0, 0.05) is 17.9 Å². The van der Waals surface area contributed by atoms with Crippen molar-refractivity contribution in [2.24, 2.45) is 0 Å². The number of aromatic amines is 1. The van der Waals surface area contributed by atoms with Gasteiger partial charge in [-0.3, -0.25) is 5.10 Å². The molecule has 1 atom stereocenters. The normalized spacial score (nSPS) is 18.9. The molecule has 0 spiro atoms. The number of fused-ring (bicyclic) bond motifs is 1. The summed E-state index contributed by atoms with van der Waals surface area (Å²) in [6, 6.07) is 7.82. The molecule has 102 valence electrons. The molecular formula is C14H14N4O2. The van der Waals surface area contributed by atoms with Crippen molar-refractivity contribution in [1.29, 1.82) is 0 Å². The predicted molar refractivity (Wildman–Crippen MR) is 71.4 cm³/mol. The lowest BCUT2D eigenvalue weighted by molar-refractivity contribution is 0.193. The molecule has 0 aliphatic carbocycles. The van der Waals surface area contributed by atoms with Crippen LogP contribution in [0.25, 0.3) is 11.0 Å². The minimum atomic E-state index is 0.314. The van der Waals surface area contributed by atoms with Gasteiger partial charge in [0.05, 0.1) is 18.7 Å². The largest absolute Gasteiger partial charge is 0.381 e. The van der Waals surface area contributed by atoms with Crippen LogP contribution < -0.4 is 0 Å². The van der Waals surface area contributed by atoms with Gasteiger partial charge in [-0.2, -0.15) is 5.10 Å². The summed E-state index contributed by atoms with van der Waals surface area (Å²) in [4.78, 5) is 4.55. The fraction of sp³-hybridized carbons (Fsp3) is 0.357. The number of hydrogen-bond acceptors (Lipinski definition) is 5. The summed E-state index contributed by atoms with van der Waals surface area (Å²) in [6.45, 7) is 1.51. The Balaban J connectivity index is 1.59. The molecule has 6 nitrogen and oxygen atoms in total. The molecule has 1 fully saturated rings. The van der Waals surface area contributed by atoms with Crippen molar-refractivity contribution in [3.8, 4) is 0 Å². The van der Waals surface area contributed by atoms with E-state index < -0.39 is 0 Å². The van der Waals surface area contributed by atoms with E-state index in [0.717, 1.165) is 41.3 Å². The Hall–Kier alpha value is -2.21. The summed E-state index contributed by atoms with van der Waals surface area (Å²) in [5.74, 6) is 1.96. The number of H-pyrrole nitrogens is 1. The fourth-order valence-electron chi connectivity index (χ4n) is 2.53. The third-order valence-corrected chi connectivity index (χ3v) is 3.63. The third-order valence-electron chi connectivity index (χ3n) is 3.63. The number of nitrogens with one attached hydrogen (secondary N) is 1. The summed E-state index contributed by atoms with van der Waals surface area (Å²) in [5, 5.41) is 12.4. The minimum Gasteiger partial charge on any atom is -0.381 e. The van der Waals surface area contributed by atoms with Crippen molar-refractivity contribution in [1.82, 2.24) is 20.3 Å². The van der Waals surface area contributed by atoms with Crippen molar-refractivity contribution in [3.05, 3.63) is 41.6 Å². The van der Waals surface area contributed by atoms with Crippen LogP contribution in [0.15, 0.2) is 28.8 Å². The average molecular weight is 270 g/mol. The molecule has 6 heteroatoms. The highest BCUT2D eigenvalue weighted by molar-refractivity contribution is 5.79. The number of hydrogen-bond donors (Lipinski definition) is 1. The van der Waals surface area contributed by atoms with Crippen LogP contribution in [-0.2, 0) is 11.2 Å². The Kier molecular flexibility index (Phi) is 2.74. The summed E-state index contributed by atoms with van der Waals surface area (Å²) < 4.78 is 10.7. The molecule has 1 aliphatic rings. The van der Waals surface area contributed by atoms with E-state index in [-0.39, 0.29) is 0 Å². The van der Waals surface area contributed by atoms with E-state index >= 15 is 0 Å². The number of nitrogens with zero attached hydrogens (tertiary/aromatic N) is 3. The second-order valence-corrected chi connectivity index (χ2v) is 5.00. The topological polar surface area (TPSA) is 76.8 Å². The highest BCUT2D eigenvalue weighted by Crippen LogP contribution is 2.23. The molecule has 20 heavy (non-hydrogen) atoms. The highest BCUT2D eigenvalue weighted by atomic mass is 16.5. The summed E-state index contributed by atoms with van der Waals surface area (Å²) in [7, 11) is 0. The van der Waals surface area contributed by atoms with E-state index in [9.17, 15) is 0 Å². The van der Waals surface area contributed by atoms with E-state index in [1.807, 2.05) is 24.3 Å². The zero-order valence-corrected chi connectivity index (χ0v) is 10.9. The molecular weight excluding hydrogens is 256 g/mol. The molecule has 0 radical (unpaired) electrons. The van der Waals surface area contributed by atoms with Gasteiger partial charge in [-0.1, -0.05) is 17.3 Å². The van der Waals surface area contributed by atoms with Gasteiger partial charge in [0.15, 0.2) is 11.4 Å². The van der Waals surface area contributed by atoms with Crippen molar-refractivity contribution in [2.45, 2.75) is 18.8 Å². The third kappa shape index (κ3) is 1.98. The van der Waals surface area contributed by atoms with Crippen molar-refractivity contribution in [3.63, 3.8) is 0 Å². The van der Waals surface area contributed by atoms with Crippen LogP contribution in [0.2, 0.25) is 0 Å². The highest BCUT2D eigenvalue weighted by Gasteiger charge is 2.22. The molecule has 1 N–H and O–H groups in total. The lowest BCUT2D eigenvalue weighted by Gasteiger charge is -1.98. The quantitative estimate of drug-likeness (QED) is 0.788. The van der Waals surface area contributed by atoms with E-state index in [1.165, 1.54) is 0 Å².